The Morgan fingerprint density at radius 3 is 2.00 bits per heavy atom. The van der Waals surface area contributed by atoms with E-state index in [2.05, 4.69) is 0 Å². The third-order valence-corrected chi connectivity index (χ3v) is 3.80. The lowest BCUT2D eigenvalue weighted by Crippen LogP contribution is -2.41. The fourth-order valence-corrected chi connectivity index (χ4v) is 3.06. The first kappa shape index (κ1) is 17.9. The van der Waals surface area contributed by atoms with Crippen molar-refractivity contribution in [3.05, 3.63) is 59.8 Å². The molecular formula is C13H8Cl3F3N2O2. The van der Waals surface area contributed by atoms with Crippen LogP contribution in [0.25, 0.3) is 5.69 Å². The molecule has 0 fully saturated rings. The van der Waals surface area contributed by atoms with Crippen molar-refractivity contribution in [1.29, 1.82) is 0 Å². The van der Waals surface area contributed by atoms with Gasteiger partial charge in [-0.05, 0) is 19.1 Å². The van der Waals surface area contributed by atoms with Crippen LogP contribution in [-0.2, 0) is 12.7 Å². The van der Waals surface area contributed by atoms with Gasteiger partial charge in [0, 0.05) is 17.6 Å². The molecule has 0 N–H and O–H groups in total. The predicted octanol–water partition coefficient (Wildman–Crippen LogP) is 4.00. The average molecular weight is 388 g/mol. The number of aromatic nitrogens is 2. The summed E-state index contributed by atoms with van der Waals surface area (Å²) in [7, 11) is 0. The molecule has 0 saturated heterocycles. The molecule has 0 aliphatic rings. The summed E-state index contributed by atoms with van der Waals surface area (Å²) in [5.74, 6) is 0. The Balaban J connectivity index is 2.92. The number of benzene rings is 1. The molecule has 0 unspecified atom stereocenters. The number of nitrogens with zero attached hydrogens (tertiary/aromatic N) is 2. The van der Waals surface area contributed by atoms with Crippen LogP contribution in [0, 0.1) is 0 Å². The van der Waals surface area contributed by atoms with E-state index >= 15 is 0 Å². The molecule has 0 saturated carbocycles. The SMILES string of the molecule is CCn1c(C(F)(F)F)cc(=O)n(-c2c(Cl)cc(Cl)cc2Cl)c1=O. The Bertz CT molecular complexity index is 864. The number of rotatable bonds is 2. The summed E-state index contributed by atoms with van der Waals surface area (Å²) >= 11 is 17.6. The summed E-state index contributed by atoms with van der Waals surface area (Å²) in [6, 6.07) is 2.78. The van der Waals surface area contributed by atoms with Gasteiger partial charge in [-0.2, -0.15) is 13.2 Å². The van der Waals surface area contributed by atoms with Gasteiger partial charge in [0.2, 0.25) is 0 Å². The fraction of sp³-hybridized carbons (Fsp3) is 0.231. The van der Waals surface area contributed by atoms with Crippen LogP contribution in [0.3, 0.4) is 0 Å². The first-order valence-corrected chi connectivity index (χ1v) is 7.30. The Kier molecular flexibility index (Phi) is 4.84. The Morgan fingerprint density at radius 2 is 1.57 bits per heavy atom. The van der Waals surface area contributed by atoms with Gasteiger partial charge in [0.25, 0.3) is 5.56 Å². The molecular weight excluding hydrogens is 380 g/mol. The average Bonchev–Trinajstić information content (AvgIpc) is 2.39. The predicted molar refractivity (Wildman–Crippen MR) is 82.0 cm³/mol. The Hall–Kier alpha value is -1.44. The van der Waals surface area contributed by atoms with Crippen LogP contribution in [0.2, 0.25) is 15.1 Å². The second kappa shape index (κ2) is 6.22. The van der Waals surface area contributed by atoms with E-state index < -0.39 is 23.1 Å². The summed E-state index contributed by atoms with van der Waals surface area (Å²) in [5.41, 5.74) is -3.95. The van der Waals surface area contributed by atoms with Gasteiger partial charge < -0.3 is 0 Å². The molecule has 0 atom stereocenters. The van der Waals surface area contributed by atoms with E-state index in [0.717, 1.165) is 0 Å². The highest BCUT2D eigenvalue weighted by molar-refractivity contribution is 6.40. The summed E-state index contributed by atoms with van der Waals surface area (Å²) < 4.78 is 39.8. The summed E-state index contributed by atoms with van der Waals surface area (Å²) in [6.07, 6.45) is -4.85. The minimum atomic E-state index is -4.85. The van der Waals surface area contributed by atoms with Gasteiger partial charge in [-0.15, -0.1) is 0 Å². The molecule has 0 radical (unpaired) electrons. The van der Waals surface area contributed by atoms with E-state index in [4.69, 9.17) is 34.8 Å². The Labute approximate surface area is 142 Å². The highest BCUT2D eigenvalue weighted by Crippen LogP contribution is 2.31. The normalized spacial score (nSPS) is 11.8. The molecule has 124 valence electrons. The van der Waals surface area contributed by atoms with E-state index in [0.29, 0.717) is 15.2 Å². The van der Waals surface area contributed by atoms with Crippen LogP contribution in [0.1, 0.15) is 12.6 Å². The molecule has 1 aromatic carbocycles. The number of alkyl halides is 3. The van der Waals surface area contributed by atoms with E-state index in [1.54, 1.807) is 0 Å². The smallest absolute Gasteiger partial charge is 0.289 e. The van der Waals surface area contributed by atoms with Crippen LogP contribution < -0.4 is 11.2 Å². The summed E-state index contributed by atoms with van der Waals surface area (Å²) in [5, 5.41) is -0.118. The zero-order valence-electron chi connectivity index (χ0n) is 11.4. The van der Waals surface area contributed by atoms with Crippen LogP contribution in [0.5, 0.6) is 0 Å². The first-order chi connectivity index (χ1) is 10.6. The molecule has 2 aromatic rings. The number of halogens is 6. The van der Waals surface area contributed by atoms with E-state index in [9.17, 15) is 22.8 Å². The van der Waals surface area contributed by atoms with Gasteiger partial charge in [0.1, 0.15) is 5.69 Å². The molecule has 4 nitrogen and oxygen atoms in total. The van der Waals surface area contributed by atoms with Crippen LogP contribution in [0.15, 0.2) is 27.8 Å². The third kappa shape index (κ3) is 3.27. The minimum absolute atomic E-state index is 0.135. The lowest BCUT2D eigenvalue weighted by molar-refractivity contribution is -0.144. The highest BCUT2D eigenvalue weighted by atomic mass is 35.5. The topological polar surface area (TPSA) is 44.0 Å². The highest BCUT2D eigenvalue weighted by Gasteiger charge is 2.36. The van der Waals surface area contributed by atoms with Crippen LogP contribution in [0.4, 0.5) is 13.2 Å². The van der Waals surface area contributed by atoms with Crippen molar-refractivity contribution < 1.29 is 13.2 Å². The molecule has 0 bridgehead atoms. The van der Waals surface area contributed by atoms with E-state index in [1.807, 2.05) is 0 Å². The summed E-state index contributed by atoms with van der Waals surface area (Å²) in [4.78, 5) is 24.4. The molecule has 10 heteroatoms. The van der Waals surface area contributed by atoms with Gasteiger partial charge in [-0.3, -0.25) is 9.36 Å². The van der Waals surface area contributed by atoms with Crippen molar-refractivity contribution in [2.75, 3.05) is 0 Å². The molecule has 0 amide bonds. The van der Waals surface area contributed by atoms with Gasteiger partial charge in [-0.25, -0.2) is 9.36 Å². The monoisotopic (exact) mass is 386 g/mol. The van der Waals surface area contributed by atoms with Crippen LogP contribution in [-0.4, -0.2) is 9.13 Å². The molecule has 0 aliphatic carbocycles. The van der Waals surface area contributed by atoms with E-state index in [-0.39, 0.29) is 27.3 Å². The third-order valence-electron chi connectivity index (χ3n) is 3.01. The Morgan fingerprint density at radius 1 is 1.04 bits per heavy atom. The second-order valence-corrected chi connectivity index (χ2v) is 5.70. The van der Waals surface area contributed by atoms with Gasteiger partial charge in [-0.1, -0.05) is 34.8 Å². The molecule has 1 aromatic heterocycles. The molecule has 0 spiro atoms. The van der Waals surface area contributed by atoms with Crippen molar-refractivity contribution in [2.24, 2.45) is 0 Å². The van der Waals surface area contributed by atoms with Crippen molar-refractivity contribution in [3.8, 4) is 5.69 Å². The standard InChI is InChI=1S/C13H8Cl3F3N2O2/c1-2-20-9(13(17,18)19)5-10(22)21(12(20)23)11-7(15)3-6(14)4-8(11)16/h3-5H,2H2,1H3. The quantitative estimate of drug-likeness (QED) is 0.782. The van der Waals surface area contributed by atoms with Crippen molar-refractivity contribution in [1.82, 2.24) is 9.13 Å². The number of hydrogen-bond acceptors (Lipinski definition) is 2. The molecule has 0 aliphatic heterocycles. The van der Waals surface area contributed by atoms with Crippen molar-refractivity contribution >= 4 is 34.8 Å². The maximum Gasteiger partial charge on any atom is 0.431 e. The van der Waals surface area contributed by atoms with Crippen molar-refractivity contribution in [2.45, 2.75) is 19.6 Å². The zero-order valence-corrected chi connectivity index (χ0v) is 13.7. The fourth-order valence-electron chi connectivity index (χ4n) is 2.07. The zero-order chi connectivity index (χ0) is 17.5. The molecule has 23 heavy (non-hydrogen) atoms. The summed E-state index contributed by atoms with van der Waals surface area (Å²) in [6.45, 7) is 1.05. The van der Waals surface area contributed by atoms with Crippen LogP contribution >= 0.6 is 34.8 Å². The lowest BCUT2D eigenvalue weighted by atomic mass is 10.3. The lowest BCUT2D eigenvalue weighted by Gasteiger charge is -2.17. The first-order valence-electron chi connectivity index (χ1n) is 6.17. The van der Waals surface area contributed by atoms with Crippen molar-refractivity contribution in [3.63, 3.8) is 0 Å². The minimum Gasteiger partial charge on any atom is -0.289 e. The van der Waals surface area contributed by atoms with Gasteiger partial charge in [0.15, 0.2) is 0 Å². The largest absolute Gasteiger partial charge is 0.431 e. The second-order valence-electron chi connectivity index (χ2n) is 4.45. The maximum atomic E-state index is 13.0. The molecule has 1 heterocycles. The van der Waals surface area contributed by atoms with Gasteiger partial charge in [0.05, 0.1) is 15.7 Å². The van der Waals surface area contributed by atoms with E-state index in [1.165, 1.54) is 19.1 Å². The van der Waals surface area contributed by atoms with Gasteiger partial charge >= 0.3 is 11.9 Å². The molecule has 2 rings (SSSR count). The number of hydrogen-bond donors (Lipinski definition) is 0. The maximum absolute atomic E-state index is 13.0.